The van der Waals surface area contributed by atoms with Crippen molar-refractivity contribution >= 4 is 15.8 Å². The molecule has 0 atom stereocenters. The summed E-state index contributed by atoms with van der Waals surface area (Å²) >= 11 is 0. The fraction of sp³-hybridized carbons (Fsp3) is 0.0909. The topological polar surface area (TPSA) is 107 Å². The number of nitrogens with one attached hydrogen (secondary N) is 1. The van der Waals surface area contributed by atoms with Crippen LogP contribution in [0.3, 0.4) is 0 Å². The van der Waals surface area contributed by atoms with Gasteiger partial charge in [0, 0.05) is 24.2 Å². The molecule has 0 bridgehead atoms. The summed E-state index contributed by atoms with van der Waals surface area (Å²) < 4.78 is 33.9. The third-order valence-electron chi connectivity index (χ3n) is 4.52. The predicted octanol–water partition coefficient (Wildman–Crippen LogP) is 3.72. The standard InChI is InChI=1S/C22H19N5O3S/c1-15-14-25-21(22(26-15)30-2)27-31(28,29)19-4-3-11-24-20(19)18-7-5-16(6-8-18)17-9-12-23-13-10-17/h3-14H,1-2H3,(H,25,27). The summed E-state index contributed by atoms with van der Waals surface area (Å²) in [5.74, 6) is 0.103. The molecule has 1 aromatic carbocycles. The van der Waals surface area contributed by atoms with Crippen molar-refractivity contribution in [3.8, 4) is 28.3 Å². The van der Waals surface area contributed by atoms with Crippen molar-refractivity contribution < 1.29 is 13.2 Å². The van der Waals surface area contributed by atoms with Gasteiger partial charge in [-0.3, -0.25) is 14.7 Å². The molecule has 156 valence electrons. The molecule has 0 aliphatic rings. The van der Waals surface area contributed by atoms with Gasteiger partial charge < -0.3 is 4.74 Å². The van der Waals surface area contributed by atoms with Gasteiger partial charge in [-0.2, -0.15) is 0 Å². The fourth-order valence-electron chi connectivity index (χ4n) is 3.04. The van der Waals surface area contributed by atoms with Crippen LogP contribution in [0.1, 0.15) is 5.69 Å². The summed E-state index contributed by atoms with van der Waals surface area (Å²) in [7, 11) is -2.60. The highest BCUT2D eigenvalue weighted by Gasteiger charge is 2.23. The molecule has 3 aromatic heterocycles. The molecule has 4 rings (SSSR count). The molecule has 0 amide bonds. The Hall–Kier alpha value is -3.85. The molecule has 0 spiro atoms. The maximum atomic E-state index is 13.2. The van der Waals surface area contributed by atoms with Crippen molar-refractivity contribution in [3.05, 3.63) is 79.0 Å². The molecule has 0 saturated carbocycles. The fourth-order valence-corrected chi connectivity index (χ4v) is 4.23. The number of sulfonamides is 1. The van der Waals surface area contributed by atoms with Crippen LogP contribution in [0.4, 0.5) is 5.82 Å². The second-order valence-corrected chi connectivity index (χ2v) is 8.29. The summed E-state index contributed by atoms with van der Waals surface area (Å²) in [6.45, 7) is 1.74. The second-order valence-electron chi connectivity index (χ2n) is 6.64. The number of hydrogen-bond acceptors (Lipinski definition) is 7. The lowest BCUT2D eigenvalue weighted by molar-refractivity contribution is 0.397. The van der Waals surface area contributed by atoms with E-state index in [2.05, 4.69) is 24.7 Å². The van der Waals surface area contributed by atoms with E-state index in [9.17, 15) is 8.42 Å². The molecule has 0 aliphatic heterocycles. The highest BCUT2D eigenvalue weighted by Crippen LogP contribution is 2.30. The number of ether oxygens (including phenoxy) is 1. The first-order valence-electron chi connectivity index (χ1n) is 9.34. The van der Waals surface area contributed by atoms with E-state index in [1.165, 1.54) is 19.4 Å². The van der Waals surface area contributed by atoms with Gasteiger partial charge in [0.25, 0.3) is 15.9 Å². The quantitative estimate of drug-likeness (QED) is 0.494. The Morgan fingerprint density at radius 3 is 2.26 bits per heavy atom. The first-order chi connectivity index (χ1) is 15.0. The summed E-state index contributed by atoms with van der Waals surface area (Å²) in [5.41, 5.74) is 3.61. The van der Waals surface area contributed by atoms with Crippen LogP contribution in [0, 0.1) is 6.92 Å². The molecule has 3 heterocycles. The van der Waals surface area contributed by atoms with Gasteiger partial charge in [-0.15, -0.1) is 0 Å². The average Bonchev–Trinajstić information content (AvgIpc) is 2.81. The number of aryl methyl sites for hydroxylation is 1. The number of pyridine rings is 2. The Kier molecular flexibility index (Phi) is 5.59. The summed E-state index contributed by atoms with van der Waals surface area (Å²) in [4.78, 5) is 16.6. The number of aromatic nitrogens is 4. The van der Waals surface area contributed by atoms with E-state index in [-0.39, 0.29) is 16.6 Å². The van der Waals surface area contributed by atoms with E-state index in [1.807, 2.05) is 36.4 Å². The van der Waals surface area contributed by atoms with Gasteiger partial charge in [0.2, 0.25) is 5.82 Å². The SMILES string of the molecule is COc1nc(C)cnc1NS(=O)(=O)c1cccnc1-c1ccc(-c2ccncc2)cc1. The molecule has 0 fully saturated rings. The van der Waals surface area contributed by atoms with Gasteiger partial charge in [-0.05, 0) is 42.3 Å². The molecule has 9 heteroatoms. The van der Waals surface area contributed by atoms with Crippen LogP contribution in [-0.4, -0.2) is 35.5 Å². The van der Waals surface area contributed by atoms with Gasteiger partial charge in [0.05, 0.1) is 24.7 Å². The molecule has 31 heavy (non-hydrogen) atoms. The Labute approximate surface area is 180 Å². The minimum absolute atomic E-state index is 0.0101. The summed E-state index contributed by atoms with van der Waals surface area (Å²) in [5, 5.41) is 0. The van der Waals surface area contributed by atoms with Crippen LogP contribution in [0.15, 0.2) is 78.2 Å². The van der Waals surface area contributed by atoms with Crippen LogP contribution < -0.4 is 9.46 Å². The van der Waals surface area contributed by atoms with Crippen LogP contribution in [0.5, 0.6) is 5.88 Å². The maximum Gasteiger partial charge on any atom is 0.265 e. The molecule has 1 N–H and O–H groups in total. The smallest absolute Gasteiger partial charge is 0.265 e. The Morgan fingerprint density at radius 2 is 1.55 bits per heavy atom. The molecular formula is C22H19N5O3S. The van der Waals surface area contributed by atoms with Gasteiger partial charge in [-0.1, -0.05) is 24.3 Å². The lowest BCUT2D eigenvalue weighted by atomic mass is 10.0. The zero-order chi connectivity index (χ0) is 21.8. The normalized spacial score (nSPS) is 11.2. The van der Waals surface area contributed by atoms with Gasteiger partial charge in [-0.25, -0.2) is 18.4 Å². The van der Waals surface area contributed by atoms with Crippen molar-refractivity contribution in [3.63, 3.8) is 0 Å². The van der Waals surface area contributed by atoms with E-state index < -0.39 is 10.0 Å². The van der Waals surface area contributed by atoms with Crippen LogP contribution in [-0.2, 0) is 10.0 Å². The molecule has 0 aliphatic carbocycles. The largest absolute Gasteiger partial charge is 0.478 e. The molecular weight excluding hydrogens is 414 g/mol. The van der Waals surface area contributed by atoms with Gasteiger partial charge in [0.1, 0.15) is 4.90 Å². The number of rotatable bonds is 6. The van der Waals surface area contributed by atoms with Crippen molar-refractivity contribution in [1.82, 2.24) is 19.9 Å². The van der Waals surface area contributed by atoms with Crippen LogP contribution in [0.2, 0.25) is 0 Å². The lowest BCUT2D eigenvalue weighted by Crippen LogP contribution is -2.16. The monoisotopic (exact) mass is 433 g/mol. The van der Waals surface area contributed by atoms with Crippen molar-refractivity contribution in [1.29, 1.82) is 0 Å². The first-order valence-corrected chi connectivity index (χ1v) is 10.8. The van der Waals surface area contributed by atoms with E-state index in [0.29, 0.717) is 17.0 Å². The Bertz CT molecular complexity index is 1310. The van der Waals surface area contributed by atoms with Crippen LogP contribution >= 0.6 is 0 Å². The minimum atomic E-state index is -4.00. The van der Waals surface area contributed by atoms with Crippen molar-refractivity contribution in [2.75, 3.05) is 11.8 Å². The highest BCUT2D eigenvalue weighted by atomic mass is 32.2. The average molecular weight is 433 g/mol. The Balaban J connectivity index is 1.70. The van der Waals surface area contributed by atoms with Crippen LogP contribution in [0.25, 0.3) is 22.4 Å². The number of anilines is 1. The van der Waals surface area contributed by atoms with E-state index in [4.69, 9.17) is 4.74 Å². The molecule has 0 saturated heterocycles. The first kappa shape index (κ1) is 20.4. The van der Waals surface area contributed by atoms with Crippen molar-refractivity contribution in [2.45, 2.75) is 11.8 Å². The van der Waals surface area contributed by atoms with Gasteiger partial charge in [0.15, 0.2) is 0 Å². The number of methoxy groups -OCH3 is 1. The molecule has 0 unspecified atom stereocenters. The van der Waals surface area contributed by atoms with E-state index >= 15 is 0 Å². The van der Waals surface area contributed by atoms with Crippen molar-refractivity contribution in [2.24, 2.45) is 0 Å². The molecule has 0 radical (unpaired) electrons. The third-order valence-corrected chi connectivity index (χ3v) is 5.89. The zero-order valence-corrected chi connectivity index (χ0v) is 17.7. The van der Waals surface area contributed by atoms with Gasteiger partial charge >= 0.3 is 0 Å². The molecule has 8 nitrogen and oxygen atoms in total. The lowest BCUT2D eigenvalue weighted by Gasteiger charge is -2.13. The second kappa shape index (κ2) is 8.49. The Morgan fingerprint density at radius 1 is 0.871 bits per heavy atom. The zero-order valence-electron chi connectivity index (χ0n) is 16.9. The predicted molar refractivity (Wildman–Crippen MR) is 117 cm³/mol. The number of benzene rings is 1. The summed E-state index contributed by atoms with van der Waals surface area (Å²) in [6.07, 6.45) is 6.46. The van der Waals surface area contributed by atoms with E-state index in [1.54, 1.807) is 31.6 Å². The maximum absolute atomic E-state index is 13.2. The van der Waals surface area contributed by atoms with E-state index in [0.717, 1.165) is 11.1 Å². The number of nitrogens with zero attached hydrogens (tertiary/aromatic N) is 4. The third kappa shape index (κ3) is 4.36. The highest BCUT2D eigenvalue weighted by molar-refractivity contribution is 7.92. The number of hydrogen-bond donors (Lipinski definition) is 1. The summed E-state index contributed by atoms with van der Waals surface area (Å²) in [6, 6.07) is 14.4. The minimum Gasteiger partial charge on any atom is -0.478 e. The molecule has 4 aromatic rings.